The van der Waals surface area contributed by atoms with Gasteiger partial charge in [0.15, 0.2) is 0 Å². The summed E-state index contributed by atoms with van der Waals surface area (Å²) in [5.41, 5.74) is 2.88. The van der Waals surface area contributed by atoms with E-state index in [9.17, 15) is 31.1 Å². The van der Waals surface area contributed by atoms with Gasteiger partial charge >= 0.3 is 18.4 Å². The molecule has 2 atom stereocenters. The lowest BCUT2D eigenvalue weighted by Gasteiger charge is -2.26. The molecule has 2 aromatic rings. The number of benzene rings is 1. The molecule has 2 unspecified atom stereocenters. The standard InChI is InChI=1S/C23H26F6N4O2/c1-14(2)33-13-18(19(30-33)15-6-4-3-5-7-15)10-31-8-16-11-32(12-17(16)9-31)21(34)35-20(22(24,25)26)23(27,28)29/h3-7,13-14,16-17,20H,8-12H2,1-2H3. The maximum atomic E-state index is 12.7. The van der Waals surface area contributed by atoms with Crippen LogP contribution in [0.3, 0.4) is 0 Å². The van der Waals surface area contributed by atoms with Crippen molar-refractivity contribution in [2.24, 2.45) is 11.8 Å². The van der Waals surface area contributed by atoms with Crippen LogP contribution in [0.5, 0.6) is 0 Å². The van der Waals surface area contributed by atoms with Gasteiger partial charge in [-0.2, -0.15) is 31.4 Å². The molecular weight excluding hydrogens is 478 g/mol. The first-order valence-electron chi connectivity index (χ1n) is 11.3. The number of halogens is 6. The van der Waals surface area contributed by atoms with Crippen LogP contribution in [-0.2, 0) is 11.3 Å². The predicted octanol–water partition coefficient (Wildman–Crippen LogP) is 5.12. The smallest absolute Gasteiger partial charge is 0.426 e. The van der Waals surface area contributed by atoms with Crippen LogP contribution in [-0.4, -0.2) is 70.3 Å². The zero-order valence-electron chi connectivity index (χ0n) is 19.2. The first-order chi connectivity index (χ1) is 16.3. The highest BCUT2D eigenvalue weighted by Gasteiger charge is 2.60. The van der Waals surface area contributed by atoms with E-state index in [0.717, 1.165) is 21.7 Å². The third-order valence-electron chi connectivity index (χ3n) is 6.41. The second kappa shape index (κ2) is 9.36. The first kappa shape index (κ1) is 25.3. The van der Waals surface area contributed by atoms with Crippen molar-refractivity contribution in [1.29, 1.82) is 0 Å². The summed E-state index contributed by atoms with van der Waals surface area (Å²) in [5.74, 6) is -0.115. The van der Waals surface area contributed by atoms with Crippen LogP contribution in [0.2, 0.25) is 0 Å². The number of carbonyl (C=O) groups excluding carboxylic acids is 1. The monoisotopic (exact) mass is 504 g/mol. The number of fused-ring (bicyclic) bond motifs is 1. The summed E-state index contributed by atoms with van der Waals surface area (Å²) in [7, 11) is 0. The molecule has 0 radical (unpaired) electrons. The van der Waals surface area contributed by atoms with Crippen molar-refractivity contribution in [1.82, 2.24) is 19.6 Å². The Kier molecular flexibility index (Phi) is 6.78. The molecule has 0 saturated carbocycles. The molecule has 0 N–H and O–H groups in total. The number of rotatable bonds is 5. The zero-order chi connectivity index (χ0) is 25.5. The van der Waals surface area contributed by atoms with Gasteiger partial charge in [0.25, 0.3) is 6.10 Å². The summed E-state index contributed by atoms with van der Waals surface area (Å²) >= 11 is 0. The largest absolute Gasteiger partial charge is 0.434 e. The Labute approximate surface area is 198 Å². The normalized spacial score (nSPS) is 21.3. The van der Waals surface area contributed by atoms with Crippen LogP contribution in [0.25, 0.3) is 11.3 Å². The number of carbonyl (C=O) groups is 1. The molecule has 4 rings (SSSR count). The summed E-state index contributed by atoms with van der Waals surface area (Å²) in [6.07, 6.45) is -15.2. The minimum absolute atomic E-state index is 0.0548. The number of ether oxygens (including phenoxy) is 1. The minimum Gasteiger partial charge on any atom is -0.426 e. The number of hydrogen-bond donors (Lipinski definition) is 0. The molecule has 1 amide bonds. The van der Waals surface area contributed by atoms with Crippen molar-refractivity contribution in [2.45, 2.75) is 44.9 Å². The molecular formula is C23H26F6N4O2. The fraction of sp³-hybridized carbons (Fsp3) is 0.565. The number of nitrogens with zero attached hydrogens (tertiary/aromatic N) is 4. The second-order valence-electron chi connectivity index (χ2n) is 9.41. The quantitative estimate of drug-likeness (QED) is 0.531. The molecule has 2 aliphatic heterocycles. The summed E-state index contributed by atoms with van der Waals surface area (Å²) in [5, 5.41) is 4.73. The third-order valence-corrected chi connectivity index (χ3v) is 6.41. The van der Waals surface area contributed by atoms with Gasteiger partial charge in [0, 0.05) is 56.1 Å². The third kappa shape index (κ3) is 5.57. The Morgan fingerprint density at radius 2 is 1.57 bits per heavy atom. The number of likely N-dealkylation sites (tertiary alicyclic amines) is 2. The minimum atomic E-state index is -5.73. The van der Waals surface area contributed by atoms with Crippen molar-refractivity contribution >= 4 is 6.09 Å². The first-order valence-corrected chi connectivity index (χ1v) is 11.3. The fourth-order valence-electron chi connectivity index (χ4n) is 4.75. The van der Waals surface area contributed by atoms with E-state index < -0.39 is 24.5 Å². The molecule has 1 aromatic carbocycles. The maximum absolute atomic E-state index is 12.7. The van der Waals surface area contributed by atoms with Crippen LogP contribution in [0.15, 0.2) is 36.5 Å². The lowest BCUT2D eigenvalue weighted by Crippen LogP contribution is -2.48. The lowest BCUT2D eigenvalue weighted by molar-refractivity contribution is -0.308. The SMILES string of the molecule is CC(C)n1cc(CN2CC3CN(C(=O)OC(C(F)(F)F)C(F)(F)F)CC3C2)c(-c2ccccc2)n1. The van der Waals surface area contributed by atoms with Gasteiger partial charge in [0.05, 0.1) is 5.69 Å². The molecule has 1 aromatic heterocycles. The number of hydrogen-bond acceptors (Lipinski definition) is 4. The van der Waals surface area contributed by atoms with Gasteiger partial charge in [-0.1, -0.05) is 30.3 Å². The predicted molar refractivity (Wildman–Crippen MR) is 114 cm³/mol. The second-order valence-corrected chi connectivity index (χ2v) is 9.41. The van der Waals surface area contributed by atoms with E-state index in [1.54, 1.807) is 0 Å². The average Bonchev–Trinajstić information content (AvgIpc) is 3.44. The molecule has 12 heteroatoms. The van der Waals surface area contributed by atoms with Crippen molar-refractivity contribution in [3.05, 3.63) is 42.1 Å². The van der Waals surface area contributed by atoms with Crippen LogP contribution < -0.4 is 0 Å². The number of aromatic nitrogens is 2. The molecule has 2 saturated heterocycles. The van der Waals surface area contributed by atoms with Gasteiger partial charge in [0.1, 0.15) is 0 Å². The van der Waals surface area contributed by atoms with E-state index in [-0.39, 0.29) is 31.0 Å². The summed E-state index contributed by atoms with van der Waals surface area (Å²) < 4.78 is 82.1. The van der Waals surface area contributed by atoms with E-state index >= 15 is 0 Å². The topological polar surface area (TPSA) is 50.6 Å². The van der Waals surface area contributed by atoms with Gasteiger partial charge in [0.2, 0.25) is 0 Å². The molecule has 3 heterocycles. The van der Waals surface area contributed by atoms with Crippen molar-refractivity contribution in [2.75, 3.05) is 26.2 Å². The zero-order valence-corrected chi connectivity index (χ0v) is 19.2. The summed E-state index contributed by atoms with van der Waals surface area (Å²) in [6.45, 7) is 5.90. The van der Waals surface area contributed by atoms with Crippen molar-refractivity contribution in [3.8, 4) is 11.3 Å². The van der Waals surface area contributed by atoms with Gasteiger partial charge in [-0.25, -0.2) is 4.79 Å². The molecule has 2 fully saturated rings. The fourth-order valence-corrected chi connectivity index (χ4v) is 4.75. The van der Waals surface area contributed by atoms with Crippen LogP contribution in [0.4, 0.5) is 31.1 Å². The van der Waals surface area contributed by atoms with E-state index in [4.69, 9.17) is 5.10 Å². The lowest BCUT2D eigenvalue weighted by atomic mass is 10.0. The van der Waals surface area contributed by atoms with Gasteiger partial charge < -0.3 is 9.64 Å². The summed E-state index contributed by atoms with van der Waals surface area (Å²) in [4.78, 5) is 15.2. The maximum Gasteiger partial charge on any atom is 0.434 e. The van der Waals surface area contributed by atoms with E-state index in [1.165, 1.54) is 0 Å². The van der Waals surface area contributed by atoms with Crippen LogP contribution in [0.1, 0.15) is 25.5 Å². The highest BCUT2D eigenvalue weighted by atomic mass is 19.4. The summed E-state index contributed by atoms with van der Waals surface area (Å²) in [6, 6.07) is 9.92. The molecule has 0 aliphatic carbocycles. The van der Waals surface area contributed by atoms with Gasteiger partial charge in [-0.15, -0.1) is 0 Å². The molecule has 0 bridgehead atoms. The molecule has 35 heavy (non-hydrogen) atoms. The van der Waals surface area contributed by atoms with E-state index in [1.807, 2.05) is 55.1 Å². The van der Waals surface area contributed by atoms with E-state index in [0.29, 0.717) is 19.6 Å². The molecule has 2 aliphatic rings. The van der Waals surface area contributed by atoms with Crippen molar-refractivity contribution in [3.63, 3.8) is 0 Å². The highest BCUT2D eigenvalue weighted by Crippen LogP contribution is 2.38. The Balaban J connectivity index is 1.39. The number of amides is 1. The van der Waals surface area contributed by atoms with Gasteiger partial charge in [-0.3, -0.25) is 9.58 Å². The molecule has 6 nitrogen and oxygen atoms in total. The number of alkyl halides is 6. The Bertz CT molecular complexity index is 1010. The molecule has 0 spiro atoms. The van der Waals surface area contributed by atoms with Crippen molar-refractivity contribution < 1.29 is 35.9 Å². The highest BCUT2D eigenvalue weighted by molar-refractivity contribution is 5.68. The van der Waals surface area contributed by atoms with Gasteiger partial charge in [-0.05, 0) is 25.7 Å². The van der Waals surface area contributed by atoms with Crippen LogP contribution in [0, 0.1) is 11.8 Å². The Morgan fingerprint density at radius 3 is 2.09 bits per heavy atom. The average molecular weight is 504 g/mol. The van der Waals surface area contributed by atoms with E-state index in [2.05, 4.69) is 9.64 Å². The molecule has 192 valence electrons. The van der Waals surface area contributed by atoms with Crippen LogP contribution >= 0.6 is 0 Å². The Hall–Kier alpha value is -2.76. The Morgan fingerprint density at radius 1 is 1.00 bits per heavy atom.